The van der Waals surface area contributed by atoms with Crippen LogP contribution in [0, 0.1) is 5.82 Å². The van der Waals surface area contributed by atoms with Crippen LogP contribution in [0.4, 0.5) is 15.9 Å². The summed E-state index contributed by atoms with van der Waals surface area (Å²) in [5.74, 6) is 0.328. The molecule has 0 aliphatic carbocycles. The topological polar surface area (TPSA) is 80.2 Å². The number of fused-ring (bicyclic) bond motifs is 2. The Morgan fingerprint density at radius 1 is 1.19 bits per heavy atom. The summed E-state index contributed by atoms with van der Waals surface area (Å²) in [4.78, 5) is 26.8. The summed E-state index contributed by atoms with van der Waals surface area (Å²) in [7, 11) is 1.75. The van der Waals surface area contributed by atoms with Crippen molar-refractivity contribution in [1.82, 2.24) is 19.9 Å². The highest BCUT2D eigenvalue weighted by molar-refractivity contribution is 9.10. The predicted molar refractivity (Wildman–Crippen MR) is 119 cm³/mol. The fourth-order valence-electron chi connectivity index (χ4n) is 3.70. The zero-order valence-electron chi connectivity index (χ0n) is 16.5. The van der Waals surface area contributed by atoms with Crippen molar-refractivity contribution in [3.05, 3.63) is 59.2 Å². The molecule has 1 N–H and O–H groups in total. The number of nitrogens with one attached hydrogen (secondary N) is 1. The molecule has 4 aromatic rings. The van der Waals surface area contributed by atoms with Crippen LogP contribution in [0.3, 0.4) is 0 Å². The van der Waals surface area contributed by atoms with Gasteiger partial charge < -0.3 is 15.0 Å². The number of aromatic nitrogens is 3. The molecule has 1 atom stereocenters. The number of ether oxygens (including phenoxy) is 1. The van der Waals surface area contributed by atoms with Crippen molar-refractivity contribution < 1.29 is 13.9 Å². The second kappa shape index (κ2) is 7.73. The van der Waals surface area contributed by atoms with Gasteiger partial charge in [-0.3, -0.25) is 9.78 Å². The number of carbonyl (C=O) groups is 1. The zero-order valence-corrected chi connectivity index (χ0v) is 18.1. The molecule has 0 saturated carbocycles. The minimum absolute atomic E-state index is 0.0763. The summed E-state index contributed by atoms with van der Waals surface area (Å²) in [5, 5.41) is 4.04. The molecule has 1 fully saturated rings. The minimum Gasteiger partial charge on any atom is -0.480 e. The van der Waals surface area contributed by atoms with Gasteiger partial charge in [-0.05, 0) is 36.4 Å². The lowest BCUT2D eigenvalue weighted by Crippen LogP contribution is -2.29. The van der Waals surface area contributed by atoms with E-state index in [1.54, 1.807) is 48.5 Å². The average molecular weight is 482 g/mol. The van der Waals surface area contributed by atoms with Crippen molar-refractivity contribution >= 4 is 55.1 Å². The van der Waals surface area contributed by atoms with Crippen molar-refractivity contribution in [1.29, 1.82) is 0 Å². The summed E-state index contributed by atoms with van der Waals surface area (Å²) in [6.07, 6.45) is 3.02. The van der Waals surface area contributed by atoms with E-state index in [9.17, 15) is 4.79 Å². The fourth-order valence-corrected chi connectivity index (χ4v) is 4.13. The number of anilines is 2. The van der Waals surface area contributed by atoms with Gasteiger partial charge >= 0.3 is 0 Å². The second-order valence-corrected chi connectivity index (χ2v) is 8.21. The van der Waals surface area contributed by atoms with Gasteiger partial charge in [0, 0.05) is 36.1 Å². The third kappa shape index (κ3) is 3.54. The highest BCUT2D eigenvalue weighted by Gasteiger charge is 2.31. The molecule has 0 bridgehead atoms. The monoisotopic (exact) mass is 481 g/mol. The number of likely N-dealkylation sites (tertiary alicyclic amines) is 1. The molecule has 1 amide bonds. The second-order valence-electron chi connectivity index (χ2n) is 7.30. The van der Waals surface area contributed by atoms with Crippen molar-refractivity contribution in [2.75, 3.05) is 18.9 Å². The molecule has 7 nitrogen and oxygen atoms in total. The molecule has 1 aliphatic heterocycles. The Labute approximate surface area is 185 Å². The summed E-state index contributed by atoms with van der Waals surface area (Å²) in [6, 6.07) is 10.3. The molecule has 156 valence electrons. The molecule has 0 unspecified atom stereocenters. The van der Waals surface area contributed by atoms with E-state index in [1.165, 1.54) is 6.33 Å². The van der Waals surface area contributed by atoms with Gasteiger partial charge in [0.2, 0.25) is 0 Å². The van der Waals surface area contributed by atoms with Crippen molar-refractivity contribution in [3.8, 4) is 5.75 Å². The normalized spacial score (nSPS) is 16.3. The Morgan fingerprint density at radius 2 is 2.06 bits per heavy atom. The van der Waals surface area contributed by atoms with Crippen LogP contribution < -0.4 is 10.1 Å². The first-order valence-electron chi connectivity index (χ1n) is 9.67. The standard InChI is InChI=1S/C22H17BrFN5O2/c1-29-8-6-17(22(29)30)31-18-10-12(23)9-16-19(18)21(27-11-26-16)28-15-5-4-14-13(20(15)24)3-2-7-25-14/h2-5,7,9-11,17H,6,8H2,1H3,(H,26,27,28)/t17-/m0/s1. The first-order chi connectivity index (χ1) is 15.0. The van der Waals surface area contributed by atoms with E-state index in [-0.39, 0.29) is 11.6 Å². The highest BCUT2D eigenvalue weighted by atomic mass is 79.9. The van der Waals surface area contributed by atoms with E-state index >= 15 is 4.39 Å². The molecule has 0 radical (unpaired) electrons. The average Bonchev–Trinajstić information content (AvgIpc) is 3.08. The third-order valence-electron chi connectivity index (χ3n) is 5.29. The molecule has 1 saturated heterocycles. The zero-order chi connectivity index (χ0) is 21.5. The summed E-state index contributed by atoms with van der Waals surface area (Å²) < 4.78 is 21.9. The van der Waals surface area contributed by atoms with Gasteiger partial charge in [-0.25, -0.2) is 14.4 Å². The van der Waals surface area contributed by atoms with Crippen LogP contribution in [0.5, 0.6) is 5.75 Å². The van der Waals surface area contributed by atoms with Crippen LogP contribution in [0.1, 0.15) is 6.42 Å². The molecule has 3 heterocycles. The van der Waals surface area contributed by atoms with E-state index in [0.717, 1.165) is 4.47 Å². The first kappa shape index (κ1) is 19.6. The van der Waals surface area contributed by atoms with E-state index in [1.807, 2.05) is 6.07 Å². The lowest BCUT2D eigenvalue weighted by Gasteiger charge is -2.17. The Morgan fingerprint density at radius 3 is 2.87 bits per heavy atom. The van der Waals surface area contributed by atoms with Crippen LogP contribution in [0.2, 0.25) is 0 Å². The molecule has 31 heavy (non-hydrogen) atoms. The van der Waals surface area contributed by atoms with Crippen molar-refractivity contribution in [2.24, 2.45) is 0 Å². The minimum atomic E-state index is -0.584. The lowest BCUT2D eigenvalue weighted by molar-refractivity contribution is -0.132. The highest BCUT2D eigenvalue weighted by Crippen LogP contribution is 2.36. The number of hydrogen-bond acceptors (Lipinski definition) is 6. The summed E-state index contributed by atoms with van der Waals surface area (Å²) >= 11 is 3.47. The molecular weight excluding hydrogens is 465 g/mol. The van der Waals surface area contributed by atoms with Gasteiger partial charge in [0.1, 0.15) is 17.9 Å². The Hall–Kier alpha value is -3.33. The largest absolute Gasteiger partial charge is 0.480 e. The molecule has 2 aromatic heterocycles. The maximum Gasteiger partial charge on any atom is 0.263 e. The molecule has 1 aliphatic rings. The van der Waals surface area contributed by atoms with Crippen LogP contribution in [-0.4, -0.2) is 45.5 Å². The van der Waals surface area contributed by atoms with Gasteiger partial charge in [0.15, 0.2) is 11.9 Å². The van der Waals surface area contributed by atoms with Gasteiger partial charge in [-0.2, -0.15) is 0 Å². The van der Waals surface area contributed by atoms with Gasteiger partial charge in [-0.1, -0.05) is 15.9 Å². The number of pyridine rings is 1. The van der Waals surface area contributed by atoms with E-state index in [2.05, 4.69) is 36.2 Å². The molecule has 9 heteroatoms. The van der Waals surface area contributed by atoms with E-state index < -0.39 is 11.9 Å². The van der Waals surface area contributed by atoms with E-state index in [4.69, 9.17) is 4.74 Å². The smallest absolute Gasteiger partial charge is 0.263 e. The van der Waals surface area contributed by atoms with Gasteiger partial charge in [-0.15, -0.1) is 0 Å². The fraction of sp³-hybridized carbons (Fsp3) is 0.182. The number of amides is 1. The van der Waals surface area contributed by atoms with Crippen LogP contribution in [0.25, 0.3) is 21.8 Å². The quantitative estimate of drug-likeness (QED) is 0.464. The maximum atomic E-state index is 15.1. The Bertz CT molecular complexity index is 1330. The number of carbonyl (C=O) groups excluding carboxylic acids is 1. The van der Waals surface area contributed by atoms with Gasteiger partial charge in [0.05, 0.1) is 22.1 Å². The maximum absolute atomic E-state index is 15.1. The summed E-state index contributed by atoms with van der Waals surface area (Å²) in [6.45, 7) is 0.632. The van der Waals surface area contributed by atoms with Crippen molar-refractivity contribution in [2.45, 2.75) is 12.5 Å². The lowest BCUT2D eigenvalue weighted by atomic mass is 10.1. The number of benzene rings is 2. The van der Waals surface area contributed by atoms with Crippen LogP contribution in [0.15, 0.2) is 53.4 Å². The molecular formula is C22H17BrFN5O2. The Kier molecular flexibility index (Phi) is 4.90. The Balaban J connectivity index is 1.59. The predicted octanol–water partition coefficient (Wildman–Crippen LogP) is 4.43. The number of nitrogens with zero attached hydrogens (tertiary/aromatic N) is 4. The number of likely N-dealkylation sites (N-methyl/N-ethyl adjacent to an activating group) is 1. The van der Waals surface area contributed by atoms with Crippen LogP contribution in [-0.2, 0) is 4.79 Å². The number of rotatable bonds is 4. The number of halogens is 2. The summed E-state index contributed by atoms with van der Waals surface area (Å²) in [5.41, 5.74) is 1.42. The van der Waals surface area contributed by atoms with E-state index in [0.29, 0.717) is 46.3 Å². The van der Waals surface area contributed by atoms with Crippen molar-refractivity contribution in [3.63, 3.8) is 0 Å². The van der Waals surface area contributed by atoms with Crippen LogP contribution >= 0.6 is 15.9 Å². The molecule has 2 aromatic carbocycles. The molecule has 0 spiro atoms. The van der Waals surface area contributed by atoms with Gasteiger partial charge in [0.25, 0.3) is 5.91 Å². The molecule has 5 rings (SSSR count). The number of hydrogen-bond donors (Lipinski definition) is 1. The SMILES string of the molecule is CN1CC[C@H](Oc2cc(Br)cc3ncnc(Nc4ccc5ncccc5c4F)c23)C1=O. The first-order valence-corrected chi connectivity index (χ1v) is 10.5. The third-order valence-corrected chi connectivity index (χ3v) is 5.74.